The van der Waals surface area contributed by atoms with Crippen LogP contribution in [-0.4, -0.2) is 14.8 Å². The maximum absolute atomic E-state index is 6.14. The van der Waals surface area contributed by atoms with Gasteiger partial charge in [-0.3, -0.25) is 9.47 Å². The number of hydrogen-bond acceptors (Lipinski definition) is 4. The van der Waals surface area contributed by atoms with Crippen LogP contribution in [0.2, 0.25) is 0 Å². The Kier molecular flexibility index (Phi) is 4.69. The average Bonchev–Trinajstić information content (AvgIpc) is 3.28. The number of rotatable bonds is 4. The molecule has 1 aliphatic rings. The first-order valence-electron chi connectivity index (χ1n) is 12.1. The molecule has 176 valence electrons. The van der Waals surface area contributed by atoms with E-state index in [1.807, 2.05) is 72.8 Å². The van der Waals surface area contributed by atoms with Gasteiger partial charge in [0.15, 0.2) is 23.1 Å². The van der Waals surface area contributed by atoms with Crippen molar-refractivity contribution in [2.45, 2.75) is 0 Å². The summed E-state index contributed by atoms with van der Waals surface area (Å²) in [4.78, 5) is 2.09. The van der Waals surface area contributed by atoms with Crippen molar-refractivity contribution in [1.82, 2.24) is 14.8 Å². The van der Waals surface area contributed by atoms with Crippen molar-refractivity contribution in [3.05, 3.63) is 121 Å². The van der Waals surface area contributed by atoms with E-state index in [-0.39, 0.29) is 0 Å². The number of aromatic nitrogens is 3. The second-order valence-electron chi connectivity index (χ2n) is 8.92. The van der Waals surface area contributed by atoms with Crippen molar-refractivity contribution in [2.24, 2.45) is 0 Å². The number of hydrogen-bond donors (Lipinski definition) is 0. The van der Waals surface area contributed by atoms with Gasteiger partial charge in [0.1, 0.15) is 0 Å². The zero-order valence-corrected chi connectivity index (χ0v) is 20.0. The maximum atomic E-state index is 6.14. The van der Waals surface area contributed by atoms with Gasteiger partial charge in [-0.05, 0) is 71.8 Å². The highest BCUT2D eigenvalue weighted by atomic mass is 16.5. The molecule has 0 bridgehead atoms. The number of nitrogens with zero attached hydrogens (tertiary/aromatic N) is 4. The molecule has 0 atom stereocenters. The number of fused-ring (bicyclic) bond motifs is 5. The summed E-state index contributed by atoms with van der Waals surface area (Å²) in [7, 11) is 0. The zero-order valence-electron chi connectivity index (χ0n) is 20.0. The fourth-order valence-corrected chi connectivity index (χ4v) is 5.07. The van der Waals surface area contributed by atoms with Crippen molar-refractivity contribution < 1.29 is 4.74 Å². The molecule has 1 aliphatic heterocycles. The largest absolute Gasteiger partial charge is 0.453 e. The molecular weight excluding hydrogens is 456 g/mol. The van der Waals surface area contributed by atoms with Crippen LogP contribution < -0.4 is 9.64 Å². The van der Waals surface area contributed by atoms with Gasteiger partial charge in [-0.15, -0.1) is 10.2 Å². The molecule has 37 heavy (non-hydrogen) atoms. The van der Waals surface area contributed by atoms with E-state index < -0.39 is 0 Å². The van der Waals surface area contributed by atoms with E-state index in [1.165, 1.54) is 0 Å². The lowest BCUT2D eigenvalue weighted by Crippen LogP contribution is -2.17. The second-order valence-corrected chi connectivity index (χ2v) is 8.92. The Morgan fingerprint density at radius 3 is 1.62 bits per heavy atom. The van der Waals surface area contributed by atoms with E-state index in [1.54, 1.807) is 0 Å². The van der Waals surface area contributed by atoms with Crippen LogP contribution in [0.1, 0.15) is 11.1 Å². The van der Waals surface area contributed by atoms with Gasteiger partial charge >= 0.3 is 0 Å². The molecular formula is C32H22N4O. The highest BCUT2D eigenvalue weighted by molar-refractivity contribution is 6.10. The first kappa shape index (κ1) is 21.1. The van der Waals surface area contributed by atoms with Crippen LogP contribution in [0.3, 0.4) is 0 Å². The van der Waals surface area contributed by atoms with Crippen LogP contribution in [0.4, 0.5) is 17.2 Å². The molecule has 0 N–H and O–H groups in total. The fourth-order valence-electron chi connectivity index (χ4n) is 5.07. The van der Waals surface area contributed by atoms with Gasteiger partial charge in [0, 0.05) is 10.8 Å². The molecule has 6 aromatic rings. The molecule has 0 saturated carbocycles. The standard InChI is InChI=1S/C32H22N4O/c1-3-21-13-15-25-23(19-21)24-20-22(4-2)14-16-26(24)35(25)31-17-18-32(34-33-31)36-27-9-5-7-11-29(27)37-30-12-8-6-10-28(30)36/h3-20H,1-2H2. The van der Waals surface area contributed by atoms with E-state index in [4.69, 9.17) is 14.9 Å². The molecule has 5 nitrogen and oxygen atoms in total. The predicted octanol–water partition coefficient (Wildman–Crippen LogP) is 8.44. The van der Waals surface area contributed by atoms with Crippen LogP contribution in [0.15, 0.2) is 110 Å². The molecule has 0 fully saturated rings. The second kappa shape index (κ2) is 8.21. The number of anilines is 3. The van der Waals surface area contributed by atoms with Gasteiger partial charge in [-0.2, -0.15) is 0 Å². The van der Waals surface area contributed by atoms with Crippen LogP contribution in [0.5, 0.6) is 11.5 Å². The third kappa shape index (κ3) is 3.25. The first-order chi connectivity index (χ1) is 18.2. The van der Waals surface area contributed by atoms with Crippen molar-refractivity contribution in [1.29, 1.82) is 0 Å². The molecule has 0 unspecified atom stereocenters. The van der Waals surface area contributed by atoms with Crippen molar-refractivity contribution in [3.63, 3.8) is 0 Å². The van der Waals surface area contributed by atoms with Crippen molar-refractivity contribution >= 4 is 51.2 Å². The fraction of sp³-hybridized carbons (Fsp3) is 0. The predicted molar refractivity (Wildman–Crippen MR) is 151 cm³/mol. The van der Waals surface area contributed by atoms with Gasteiger partial charge in [-0.1, -0.05) is 61.7 Å². The van der Waals surface area contributed by atoms with E-state index in [2.05, 4.69) is 59.0 Å². The SMILES string of the molecule is C=Cc1ccc2c(c1)c1cc(C=C)ccc1n2-c1ccc(N2c3ccccc3Oc3ccccc32)nn1. The third-order valence-corrected chi connectivity index (χ3v) is 6.81. The molecule has 2 aromatic heterocycles. The lowest BCUT2D eigenvalue weighted by atomic mass is 10.1. The number of para-hydroxylation sites is 4. The maximum Gasteiger partial charge on any atom is 0.160 e. The molecule has 0 spiro atoms. The van der Waals surface area contributed by atoms with Crippen LogP contribution >= 0.6 is 0 Å². The van der Waals surface area contributed by atoms with E-state index >= 15 is 0 Å². The summed E-state index contributed by atoms with van der Waals surface area (Å²) < 4.78 is 8.29. The molecule has 0 radical (unpaired) electrons. The molecule has 7 rings (SSSR count). The van der Waals surface area contributed by atoms with Crippen molar-refractivity contribution in [3.8, 4) is 17.3 Å². The Morgan fingerprint density at radius 1 is 0.595 bits per heavy atom. The Bertz CT molecular complexity index is 1740. The zero-order chi connectivity index (χ0) is 24.9. The summed E-state index contributed by atoms with van der Waals surface area (Å²) in [6, 6.07) is 32.7. The van der Waals surface area contributed by atoms with E-state index in [9.17, 15) is 0 Å². The summed E-state index contributed by atoms with van der Waals surface area (Å²) in [6.07, 6.45) is 3.74. The minimum absolute atomic E-state index is 0.718. The highest BCUT2D eigenvalue weighted by Gasteiger charge is 2.26. The number of ether oxygens (including phenoxy) is 1. The molecule has 0 saturated heterocycles. The molecule has 4 aromatic carbocycles. The average molecular weight is 479 g/mol. The van der Waals surface area contributed by atoms with Gasteiger partial charge in [-0.25, -0.2) is 0 Å². The van der Waals surface area contributed by atoms with Gasteiger partial charge in [0.05, 0.1) is 22.4 Å². The van der Waals surface area contributed by atoms with Gasteiger partial charge in [0.25, 0.3) is 0 Å². The summed E-state index contributed by atoms with van der Waals surface area (Å²) in [5.74, 6) is 3.03. The first-order valence-corrected chi connectivity index (χ1v) is 12.1. The van der Waals surface area contributed by atoms with Crippen LogP contribution in [0.25, 0.3) is 39.8 Å². The Morgan fingerprint density at radius 2 is 1.11 bits per heavy atom. The summed E-state index contributed by atoms with van der Waals surface area (Å²) in [6.45, 7) is 7.89. The van der Waals surface area contributed by atoms with Gasteiger partial charge < -0.3 is 4.74 Å². The molecule has 5 heteroatoms. The normalized spacial score (nSPS) is 12.2. The highest BCUT2D eigenvalue weighted by Crippen LogP contribution is 2.49. The molecule has 3 heterocycles. The Balaban J connectivity index is 1.40. The van der Waals surface area contributed by atoms with Crippen molar-refractivity contribution in [2.75, 3.05) is 4.90 Å². The summed E-state index contributed by atoms with van der Waals surface area (Å²) >= 11 is 0. The third-order valence-electron chi connectivity index (χ3n) is 6.81. The quantitative estimate of drug-likeness (QED) is 0.255. The topological polar surface area (TPSA) is 43.2 Å². The Hall–Kier alpha value is -5.16. The lowest BCUT2D eigenvalue weighted by molar-refractivity contribution is 0.476. The van der Waals surface area contributed by atoms with E-state index in [0.717, 1.165) is 67.4 Å². The van der Waals surface area contributed by atoms with Crippen LogP contribution in [-0.2, 0) is 0 Å². The number of benzene rings is 4. The minimum atomic E-state index is 0.718. The molecule has 0 aliphatic carbocycles. The molecule has 0 amide bonds. The van der Waals surface area contributed by atoms with Crippen LogP contribution in [0, 0.1) is 0 Å². The van der Waals surface area contributed by atoms with Gasteiger partial charge in [0.2, 0.25) is 0 Å². The summed E-state index contributed by atoms with van der Waals surface area (Å²) in [5, 5.41) is 11.7. The summed E-state index contributed by atoms with van der Waals surface area (Å²) in [5.41, 5.74) is 6.11. The monoisotopic (exact) mass is 478 g/mol. The lowest BCUT2D eigenvalue weighted by Gasteiger charge is -2.31. The smallest absolute Gasteiger partial charge is 0.160 e. The van der Waals surface area contributed by atoms with E-state index in [0.29, 0.717) is 0 Å². The minimum Gasteiger partial charge on any atom is -0.453 e. The Labute approximate surface area is 214 Å².